The van der Waals surface area contributed by atoms with Gasteiger partial charge in [0.25, 0.3) is 0 Å². The van der Waals surface area contributed by atoms with Gasteiger partial charge in [-0.2, -0.15) is 0 Å². The topological polar surface area (TPSA) is 386 Å². The first-order valence-electron chi connectivity index (χ1n) is 47.4. The summed E-state index contributed by atoms with van der Waals surface area (Å²) in [7, 11) is 0. The molecule has 1 unspecified atom stereocenters. The number of carbonyl (C=O) groups is 7. The van der Waals surface area contributed by atoms with Crippen molar-refractivity contribution < 1.29 is 118 Å². The van der Waals surface area contributed by atoms with Gasteiger partial charge >= 0.3 is 42.2 Å². The highest BCUT2D eigenvalue weighted by Crippen LogP contribution is 2.43. The SMILES string of the molecule is C=C(C)[C@@H]1CC[C@@H](C)C[C@H]1O.CC(=O)O[C@@H]1C[C@H](C)CC[C@H]1C(C)C.CC(C)[C@@H]1CC[C@@H](C)C[C@H]1OC(=O)CCC(=O)O.CC(C)[C@@H]1CC[C@@H](C)C[C@H]1OC(=O)CCCC(=O)O.CC(C)[C@@H]1CC[C@@H](C)C[C@H]1OC(=O)OCC(O)CO.CC(C)[C@@H]1CC[C@@H](C)C[C@H]1OC(=O)OCCO.C[C@@H]1CC[C@@H](C(C)(C)O)[C@@H](O)C1.C[C@@H]1CC[C@@H](C(C)(C)O)[C@H](O)C1. The van der Waals surface area contributed by atoms with Gasteiger partial charge in [0.1, 0.15) is 49.8 Å². The molecule has 8 aliphatic carbocycles. The normalized spacial score (nSPS) is 31.8. The van der Waals surface area contributed by atoms with Gasteiger partial charge in [-0.05, 0) is 257 Å². The maximum Gasteiger partial charge on any atom is 0.508 e. The van der Waals surface area contributed by atoms with Crippen LogP contribution in [0.5, 0.6) is 0 Å². The number of aliphatic carboxylic acids is 2. The summed E-state index contributed by atoms with van der Waals surface area (Å²) in [5.41, 5.74) is -0.302. The third kappa shape index (κ3) is 47.9. The van der Waals surface area contributed by atoms with Gasteiger partial charge in [0, 0.05) is 37.5 Å². The van der Waals surface area contributed by atoms with E-state index in [2.05, 4.69) is 131 Å². The number of carbonyl (C=O) groups excluding carboxylic acids is 5. The Kier molecular flexibility index (Phi) is 56.2. The Bertz CT molecular complexity index is 2870. The molecular formula is C98H180O24. The number of esters is 3. The molecule has 0 aromatic heterocycles. The third-order valence-corrected chi connectivity index (χ3v) is 27.1. The molecule has 8 fully saturated rings. The lowest BCUT2D eigenvalue weighted by molar-refractivity contribution is -0.158. The average molecular weight is 1740 g/mol. The molecule has 0 aromatic carbocycles. The quantitative estimate of drug-likeness (QED) is 0.0230. The standard InChI is InChI=1S/C15H26O4.C14H26O5.C14H24O4.C13H24O4.C12H22O2.2C10H20O2.C10H18O/c1-10(2)12-8-7-11(3)9-13(12)19-15(18)6-4-5-14(16)17;1-9(2)12-5-4-10(3)6-13(12)19-14(17)18-8-11(16)7-15;1-9(2)11-5-4-10(3)8-12(11)18-14(17)7-6-13(15)16;1-9(2)11-5-4-10(3)8-12(11)17-13(15)16-7-6-14;1-8(2)11-6-5-9(3)7-12(11)14-10(4)13;2*1-7-4-5-8(9(11)6-7)10(2,3)12;1-7(2)9-5-4-8(3)6-10(9)11/h10-13H,4-9H2,1-3H3,(H,16,17);9-13,15-16H,4-8H2,1-3H3;9-12H,4-8H2,1-3H3,(H,15,16);9-12,14H,4-8H2,1-3H3;8-9,11-12H,5-7H2,1-4H3;2*7-9,11-12H,4-6H2,1-3H3;8-11H,1,4-6H2,2-3H3/t11-,12+,13-;10-,11?,12+,13-;2*10-,11+,12-;9-,11+,12-;7-,8-,9+;7-,8-,9-;8-,9+,10-/m11111111/s1. The van der Waals surface area contributed by atoms with Crippen molar-refractivity contribution in [3.63, 3.8) is 0 Å². The highest BCUT2D eigenvalue weighted by atomic mass is 16.7. The van der Waals surface area contributed by atoms with Crippen molar-refractivity contribution >= 4 is 42.2 Å². The summed E-state index contributed by atoms with van der Waals surface area (Å²) in [6.45, 7) is 52.9. The first-order valence-corrected chi connectivity index (χ1v) is 47.4. The third-order valence-electron chi connectivity index (χ3n) is 27.1. The summed E-state index contributed by atoms with van der Waals surface area (Å²) in [5.74, 6) is 7.70. The lowest BCUT2D eigenvalue weighted by Crippen LogP contribution is -2.42. The van der Waals surface area contributed by atoms with E-state index in [0.29, 0.717) is 119 Å². The van der Waals surface area contributed by atoms with E-state index in [1.165, 1.54) is 51.9 Å². The minimum Gasteiger partial charge on any atom is -0.481 e. The molecule has 24 nitrogen and oxygen atoms in total. The predicted octanol–water partition coefficient (Wildman–Crippen LogP) is 19.1. The fourth-order valence-corrected chi connectivity index (χ4v) is 19.4. The second-order valence-electron chi connectivity index (χ2n) is 41.4. The molecule has 0 bridgehead atoms. The van der Waals surface area contributed by atoms with E-state index < -0.39 is 48.2 Å². The first-order chi connectivity index (χ1) is 56.7. The van der Waals surface area contributed by atoms with Gasteiger partial charge in [-0.3, -0.25) is 24.0 Å². The van der Waals surface area contributed by atoms with Crippen molar-refractivity contribution in [1.82, 2.24) is 0 Å². The summed E-state index contributed by atoms with van der Waals surface area (Å²) in [6.07, 6.45) is 22.7. The fraction of sp³-hybridized carbons (Fsp3) is 0.908. The van der Waals surface area contributed by atoms with E-state index in [0.717, 1.165) is 115 Å². The average Bonchev–Trinajstić information content (AvgIpc) is 0.835. The maximum atomic E-state index is 11.8. The molecule has 122 heavy (non-hydrogen) atoms. The van der Waals surface area contributed by atoms with Gasteiger partial charge in [0.15, 0.2) is 0 Å². The zero-order valence-corrected chi connectivity index (χ0v) is 80.5. The molecule has 0 amide bonds. The van der Waals surface area contributed by atoms with Crippen molar-refractivity contribution in [2.75, 3.05) is 26.4 Å². The first kappa shape index (κ1) is 115. The fourth-order valence-electron chi connectivity index (χ4n) is 19.4. The second kappa shape index (κ2) is 59.4. The molecule has 8 rings (SSSR count). The second-order valence-corrected chi connectivity index (χ2v) is 41.4. The van der Waals surface area contributed by atoms with Crippen molar-refractivity contribution in [3.8, 4) is 0 Å². The van der Waals surface area contributed by atoms with Crippen LogP contribution in [-0.4, -0.2) is 186 Å². The number of hydrogen-bond donors (Lipinski definition) is 10. The van der Waals surface area contributed by atoms with Crippen LogP contribution in [0, 0.1) is 124 Å². The van der Waals surface area contributed by atoms with E-state index in [4.69, 9.17) is 58.7 Å². The van der Waals surface area contributed by atoms with Crippen LogP contribution in [0.25, 0.3) is 0 Å². The Hall–Kier alpha value is -4.69. The molecule has 0 saturated heterocycles. The predicted molar refractivity (Wildman–Crippen MR) is 478 cm³/mol. The highest BCUT2D eigenvalue weighted by molar-refractivity contribution is 5.76. The smallest absolute Gasteiger partial charge is 0.481 e. The molecule has 0 aliphatic heterocycles. The van der Waals surface area contributed by atoms with Gasteiger partial charge in [-0.25, -0.2) is 9.59 Å². The van der Waals surface area contributed by atoms with Crippen molar-refractivity contribution in [2.45, 2.75) is 419 Å². The summed E-state index contributed by atoms with van der Waals surface area (Å²) in [6, 6.07) is 0. The lowest BCUT2D eigenvalue weighted by Gasteiger charge is -2.38. The zero-order valence-electron chi connectivity index (χ0n) is 80.5. The number of ether oxygens (including phenoxy) is 7. The van der Waals surface area contributed by atoms with E-state index in [9.17, 15) is 59.1 Å². The monoisotopic (exact) mass is 1740 g/mol. The number of aliphatic hydroxyl groups excluding tert-OH is 6. The molecule has 0 spiro atoms. The van der Waals surface area contributed by atoms with Gasteiger partial charge in [0.2, 0.25) is 0 Å². The number of carboxylic acids is 2. The van der Waals surface area contributed by atoms with Gasteiger partial charge in [0.05, 0.1) is 55.6 Å². The summed E-state index contributed by atoms with van der Waals surface area (Å²) < 4.78 is 36.7. The van der Waals surface area contributed by atoms with Gasteiger partial charge in [-0.1, -0.05) is 182 Å². The molecule has 24 heteroatoms. The number of rotatable bonds is 25. The zero-order chi connectivity index (χ0) is 93.2. The number of hydrogen-bond acceptors (Lipinski definition) is 22. The van der Waals surface area contributed by atoms with E-state index in [1.807, 2.05) is 6.92 Å². The molecule has 0 heterocycles. The summed E-state index contributed by atoms with van der Waals surface area (Å²) in [5, 5.41) is 92.0. The van der Waals surface area contributed by atoms with E-state index >= 15 is 0 Å². The minimum absolute atomic E-state index is 0.00739. The molecular weight excluding hydrogens is 1560 g/mol. The van der Waals surface area contributed by atoms with Crippen LogP contribution < -0.4 is 0 Å². The Labute approximate surface area is 737 Å². The Morgan fingerprint density at radius 2 is 0.664 bits per heavy atom. The Balaban J connectivity index is 0.000000702. The Morgan fingerprint density at radius 1 is 0.377 bits per heavy atom. The van der Waals surface area contributed by atoms with E-state index in [-0.39, 0.29) is 124 Å². The summed E-state index contributed by atoms with van der Waals surface area (Å²) in [4.78, 5) is 78.1. The maximum absolute atomic E-state index is 11.8. The highest BCUT2D eigenvalue weighted by Gasteiger charge is 2.42. The number of aliphatic hydroxyl groups is 8. The van der Waals surface area contributed by atoms with Crippen LogP contribution in [0.3, 0.4) is 0 Å². The summed E-state index contributed by atoms with van der Waals surface area (Å²) >= 11 is 0. The lowest BCUT2D eigenvalue weighted by atomic mass is 9.73. The molecule has 25 atom stereocenters. The van der Waals surface area contributed by atoms with Crippen LogP contribution in [-0.2, 0) is 57.1 Å². The molecule has 0 radical (unpaired) electrons. The molecule has 716 valence electrons. The largest absolute Gasteiger partial charge is 0.508 e. The van der Waals surface area contributed by atoms with Crippen molar-refractivity contribution in [1.29, 1.82) is 0 Å². The van der Waals surface area contributed by atoms with Gasteiger partial charge < -0.3 is 84.2 Å². The Morgan fingerprint density at radius 3 is 0.943 bits per heavy atom. The number of carboxylic acid groups (broad SMARTS) is 2. The van der Waals surface area contributed by atoms with Crippen LogP contribution >= 0.6 is 0 Å². The van der Waals surface area contributed by atoms with Crippen LogP contribution in [0.15, 0.2) is 12.2 Å². The van der Waals surface area contributed by atoms with Crippen molar-refractivity contribution in [3.05, 3.63) is 12.2 Å². The van der Waals surface area contributed by atoms with Crippen LogP contribution in [0.4, 0.5) is 9.59 Å². The van der Waals surface area contributed by atoms with E-state index in [1.54, 1.807) is 27.7 Å². The van der Waals surface area contributed by atoms with Crippen LogP contribution in [0.2, 0.25) is 0 Å². The van der Waals surface area contributed by atoms with Gasteiger partial charge in [-0.15, -0.1) is 0 Å². The molecule has 0 aromatic rings. The molecule has 8 aliphatic rings. The van der Waals surface area contributed by atoms with Crippen LogP contribution in [0.1, 0.15) is 352 Å². The minimum atomic E-state index is -1.04. The van der Waals surface area contributed by atoms with Crippen molar-refractivity contribution in [2.24, 2.45) is 124 Å². The molecule has 10 N–H and O–H groups in total. The molecule has 8 saturated carbocycles.